The Balaban J connectivity index is 0.000000640. The fraction of sp³-hybridized carbons (Fsp3) is 0. The van der Waals surface area contributed by atoms with Gasteiger partial charge in [0.05, 0.1) is 0 Å². The molecule has 9 heavy (non-hydrogen) atoms. The SMILES string of the molecule is O=[N+]([O-])c1c[n-]cn1.[Ag+]. The molecule has 0 unspecified atom stereocenters. The number of hydrogen-bond donors (Lipinski definition) is 0. The van der Waals surface area contributed by atoms with E-state index in [2.05, 4.69) is 9.97 Å². The monoisotopic (exact) mass is 219 g/mol. The molecule has 0 aromatic carbocycles. The van der Waals surface area contributed by atoms with Gasteiger partial charge < -0.3 is 20.1 Å². The van der Waals surface area contributed by atoms with Crippen LogP contribution in [0.25, 0.3) is 0 Å². The van der Waals surface area contributed by atoms with Crippen molar-refractivity contribution in [3.05, 3.63) is 22.6 Å². The average Bonchev–Trinajstić information content (AvgIpc) is 2.12. The van der Waals surface area contributed by atoms with Gasteiger partial charge in [0.25, 0.3) is 0 Å². The first kappa shape index (κ1) is 8.35. The summed E-state index contributed by atoms with van der Waals surface area (Å²) in [6.45, 7) is 0. The minimum Gasteiger partial charge on any atom is -0.446 e. The van der Waals surface area contributed by atoms with Gasteiger partial charge in [0, 0.05) is 0 Å². The predicted octanol–water partition coefficient (Wildman–Crippen LogP) is -0.0555. The van der Waals surface area contributed by atoms with Crippen molar-refractivity contribution in [3.63, 3.8) is 0 Å². The molecule has 1 aromatic heterocycles. The Morgan fingerprint density at radius 3 is 2.67 bits per heavy atom. The van der Waals surface area contributed by atoms with E-state index in [1.807, 2.05) is 0 Å². The van der Waals surface area contributed by atoms with Gasteiger partial charge in [-0.3, -0.25) is 0 Å². The zero-order valence-corrected chi connectivity index (χ0v) is 5.60. The van der Waals surface area contributed by atoms with E-state index in [-0.39, 0.29) is 28.2 Å². The number of imidazole rings is 1. The number of rotatable bonds is 1. The van der Waals surface area contributed by atoms with Gasteiger partial charge in [-0.1, -0.05) is 11.3 Å². The zero-order valence-electron chi connectivity index (χ0n) is 4.11. The Kier molecular flexibility index (Phi) is 3.15. The van der Waals surface area contributed by atoms with Crippen LogP contribution < -0.4 is 4.98 Å². The second-order valence-corrected chi connectivity index (χ2v) is 1.14. The molecule has 6 heteroatoms. The van der Waals surface area contributed by atoms with Crippen molar-refractivity contribution in [2.24, 2.45) is 0 Å². The maximum atomic E-state index is 9.77. The zero-order chi connectivity index (χ0) is 5.98. The summed E-state index contributed by atoms with van der Waals surface area (Å²) in [7, 11) is 0. The van der Waals surface area contributed by atoms with Gasteiger partial charge in [-0.2, -0.15) is 0 Å². The molecular weight excluding hydrogens is 218 g/mol. The summed E-state index contributed by atoms with van der Waals surface area (Å²) in [5.41, 5.74) is 0. The van der Waals surface area contributed by atoms with Crippen LogP contribution in [0.15, 0.2) is 12.5 Å². The molecule has 0 radical (unpaired) electrons. The fourth-order valence-corrected chi connectivity index (χ4v) is 0.320. The van der Waals surface area contributed by atoms with E-state index < -0.39 is 4.92 Å². The minimum absolute atomic E-state index is 0. The van der Waals surface area contributed by atoms with E-state index in [0.717, 1.165) is 12.5 Å². The summed E-state index contributed by atoms with van der Waals surface area (Å²) >= 11 is 0. The molecule has 0 saturated carbocycles. The molecular formula is C3H2AgN3O2. The molecule has 0 spiro atoms. The Labute approximate surface area is 66.1 Å². The van der Waals surface area contributed by atoms with Crippen LogP contribution >= 0.6 is 0 Å². The first-order valence-corrected chi connectivity index (χ1v) is 1.88. The quantitative estimate of drug-likeness (QED) is 0.377. The second kappa shape index (κ2) is 3.39. The van der Waals surface area contributed by atoms with Gasteiger partial charge in [0.15, 0.2) is 5.82 Å². The summed E-state index contributed by atoms with van der Waals surface area (Å²) in [6.07, 6.45) is 2.23. The normalized spacial score (nSPS) is 8.00. The summed E-state index contributed by atoms with van der Waals surface area (Å²) in [6, 6.07) is 0. The van der Waals surface area contributed by atoms with E-state index in [1.165, 1.54) is 0 Å². The molecule has 1 rings (SSSR count). The molecule has 1 heterocycles. The van der Waals surface area contributed by atoms with Crippen molar-refractivity contribution in [3.8, 4) is 0 Å². The van der Waals surface area contributed by atoms with Gasteiger partial charge in [-0.05, 0) is 6.20 Å². The molecule has 0 N–H and O–H groups in total. The molecule has 52 valence electrons. The molecule has 0 bridgehead atoms. The van der Waals surface area contributed by atoms with Crippen molar-refractivity contribution in [2.75, 3.05) is 0 Å². The summed E-state index contributed by atoms with van der Waals surface area (Å²) in [5, 5.41) is 9.77. The van der Waals surface area contributed by atoms with Crippen LogP contribution in [-0.4, -0.2) is 9.91 Å². The Bertz CT molecular complexity index is 185. The van der Waals surface area contributed by atoms with Crippen molar-refractivity contribution >= 4 is 5.82 Å². The van der Waals surface area contributed by atoms with Gasteiger partial charge in [0.1, 0.15) is 0 Å². The first-order chi connectivity index (χ1) is 3.80. The maximum absolute atomic E-state index is 9.77. The average molecular weight is 220 g/mol. The van der Waals surface area contributed by atoms with Crippen LogP contribution in [0, 0.1) is 10.1 Å². The molecule has 0 aliphatic rings. The standard InChI is InChI=1S/C3H2N3O2.Ag/c7-6(8)3-1-4-2-5-3;/h1-2H;/q-1;+1. The number of nitrogens with zero attached hydrogens (tertiary/aromatic N) is 3. The van der Waals surface area contributed by atoms with Crippen LogP contribution in [0.3, 0.4) is 0 Å². The molecule has 1 aromatic rings. The molecule has 0 aliphatic carbocycles. The third-order valence-electron chi connectivity index (χ3n) is 0.634. The molecule has 0 fully saturated rings. The van der Waals surface area contributed by atoms with E-state index in [1.54, 1.807) is 0 Å². The van der Waals surface area contributed by atoms with Crippen LogP contribution in [0.5, 0.6) is 0 Å². The number of aromatic nitrogens is 2. The summed E-state index contributed by atoms with van der Waals surface area (Å²) < 4.78 is 0. The van der Waals surface area contributed by atoms with E-state index >= 15 is 0 Å². The Morgan fingerprint density at radius 2 is 2.44 bits per heavy atom. The fourth-order valence-electron chi connectivity index (χ4n) is 0.320. The van der Waals surface area contributed by atoms with E-state index in [9.17, 15) is 10.1 Å². The van der Waals surface area contributed by atoms with Crippen LogP contribution in [-0.2, 0) is 22.4 Å². The summed E-state index contributed by atoms with van der Waals surface area (Å²) in [5.74, 6) is -0.204. The predicted molar refractivity (Wildman–Crippen MR) is 24.2 cm³/mol. The topological polar surface area (TPSA) is 70.1 Å². The van der Waals surface area contributed by atoms with E-state index in [0.29, 0.717) is 0 Å². The van der Waals surface area contributed by atoms with Gasteiger partial charge in [0.2, 0.25) is 0 Å². The van der Waals surface area contributed by atoms with Gasteiger partial charge >= 0.3 is 22.4 Å². The number of hydrogen-bond acceptors (Lipinski definition) is 3. The molecule has 0 amide bonds. The van der Waals surface area contributed by atoms with Crippen molar-refractivity contribution in [2.45, 2.75) is 0 Å². The molecule has 5 nitrogen and oxygen atoms in total. The third-order valence-corrected chi connectivity index (χ3v) is 0.634. The largest absolute Gasteiger partial charge is 1.00 e. The van der Waals surface area contributed by atoms with Crippen LogP contribution in [0.4, 0.5) is 5.82 Å². The maximum Gasteiger partial charge on any atom is 1.00 e. The van der Waals surface area contributed by atoms with Crippen molar-refractivity contribution in [1.82, 2.24) is 9.97 Å². The Morgan fingerprint density at radius 1 is 1.78 bits per heavy atom. The van der Waals surface area contributed by atoms with Crippen LogP contribution in [0.2, 0.25) is 0 Å². The number of nitro groups is 1. The van der Waals surface area contributed by atoms with Crippen molar-refractivity contribution in [1.29, 1.82) is 0 Å². The minimum atomic E-state index is -0.590. The third kappa shape index (κ3) is 1.96. The van der Waals surface area contributed by atoms with Gasteiger partial charge in [-0.15, -0.1) is 0 Å². The van der Waals surface area contributed by atoms with Gasteiger partial charge in [-0.25, -0.2) is 0 Å². The first-order valence-electron chi connectivity index (χ1n) is 1.88. The summed E-state index contributed by atoms with van der Waals surface area (Å²) in [4.78, 5) is 15.9. The van der Waals surface area contributed by atoms with Crippen molar-refractivity contribution < 1.29 is 27.3 Å². The smallest absolute Gasteiger partial charge is 0.446 e. The Hall–Kier alpha value is -0.650. The molecule has 0 atom stereocenters. The van der Waals surface area contributed by atoms with Crippen LogP contribution in [0.1, 0.15) is 0 Å². The molecule has 0 saturated heterocycles. The molecule has 0 aliphatic heterocycles. The van der Waals surface area contributed by atoms with E-state index in [4.69, 9.17) is 0 Å². The second-order valence-electron chi connectivity index (χ2n) is 1.14.